The summed E-state index contributed by atoms with van der Waals surface area (Å²) in [4.78, 5) is 2.15. The lowest BCUT2D eigenvalue weighted by Crippen LogP contribution is -1.84. The zero-order chi connectivity index (χ0) is 16.8. The van der Waals surface area contributed by atoms with Crippen molar-refractivity contribution in [1.82, 2.24) is 0 Å². The predicted molar refractivity (Wildman–Crippen MR) is 105 cm³/mol. The largest absolute Gasteiger partial charge is 0.494 e. The molecule has 0 saturated heterocycles. The van der Waals surface area contributed by atoms with Crippen molar-refractivity contribution in [3.63, 3.8) is 0 Å². The number of fused-ring (bicyclic) bond motifs is 2. The molecule has 0 fully saturated rings. The highest BCUT2D eigenvalue weighted by atomic mass is 32.1. The van der Waals surface area contributed by atoms with Crippen LogP contribution in [0.3, 0.4) is 0 Å². The lowest BCUT2D eigenvalue weighted by atomic mass is 10.3. The van der Waals surface area contributed by atoms with Crippen LogP contribution in [0.5, 0.6) is 23.0 Å². The smallest absolute Gasteiger partial charge is 0.156 e. The Labute approximate surface area is 154 Å². The van der Waals surface area contributed by atoms with Gasteiger partial charge in [0, 0.05) is 10.8 Å². The molecule has 0 radical (unpaired) electrons. The second-order valence-corrected chi connectivity index (χ2v) is 8.65. The van der Waals surface area contributed by atoms with Gasteiger partial charge in [0.15, 0.2) is 11.5 Å². The SMILES string of the molecule is COc1csc2c(OC)c(-c3sc4c(OC)csc4c3OC)sc12. The van der Waals surface area contributed by atoms with Crippen molar-refractivity contribution < 1.29 is 18.9 Å². The van der Waals surface area contributed by atoms with E-state index < -0.39 is 0 Å². The first-order valence-electron chi connectivity index (χ1n) is 6.97. The van der Waals surface area contributed by atoms with E-state index in [0.29, 0.717) is 0 Å². The van der Waals surface area contributed by atoms with Gasteiger partial charge in [0.25, 0.3) is 0 Å². The molecule has 24 heavy (non-hydrogen) atoms. The number of thiophene rings is 4. The Morgan fingerprint density at radius 1 is 0.583 bits per heavy atom. The Balaban J connectivity index is 2.01. The van der Waals surface area contributed by atoms with E-state index in [2.05, 4.69) is 0 Å². The minimum atomic E-state index is 0.884. The van der Waals surface area contributed by atoms with Crippen molar-refractivity contribution >= 4 is 64.1 Å². The third-order valence-corrected chi connectivity index (χ3v) is 8.42. The summed E-state index contributed by atoms with van der Waals surface area (Å²) in [6, 6.07) is 0. The normalized spacial score (nSPS) is 11.3. The first-order chi connectivity index (χ1) is 11.7. The molecular weight excluding hydrogens is 384 g/mol. The van der Waals surface area contributed by atoms with Crippen LogP contribution in [0, 0.1) is 0 Å². The van der Waals surface area contributed by atoms with Crippen LogP contribution in [0.1, 0.15) is 0 Å². The highest BCUT2D eigenvalue weighted by Crippen LogP contribution is 2.58. The topological polar surface area (TPSA) is 36.9 Å². The molecule has 4 aromatic rings. The van der Waals surface area contributed by atoms with Crippen LogP contribution in [-0.4, -0.2) is 28.4 Å². The van der Waals surface area contributed by atoms with Gasteiger partial charge in [-0.2, -0.15) is 0 Å². The van der Waals surface area contributed by atoms with Crippen molar-refractivity contribution in [2.45, 2.75) is 0 Å². The molecule has 0 atom stereocenters. The minimum absolute atomic E-state index is 0.884. The average molecular weight is 399 g/mol. The van der Waals surface area contributed by atoms with Gasteiger partial charge in [0.2, 0.25) is 0 Å². The Bertz CT molecular complexity index is 937. The predicted octanol–water partition coefficient (Wildman–Crippen LogP) is 5.94. The van der Waals surface area contributed by atoms with E-state index in [-0.39, 0.29) is 0 Å². The van der Waals surface area contributed by atoms with Gasteiger partial charge in [-0.05, 0) is 0 Å². The molecule has 4 nitrogen and oxygen atoms in total. The molecule has 0 bridgehead atoms. The highest BCUT2D eigenvalue weighted by molar-refractivity contribution is 7.35. The van der Waals surface area contributed by atoms with Crippen molar-refractivity contribution in [2.75, 3.05) is 28.4 Å². The van der Waals surface area contributed by atoms with Gasteiger partial charge >= 0.3 is 0 Å². The molecule has 0 spiro atoms. The molecule has 4 heterocycles. The number of rotatable bonds is 5. The van der Waals surface area contributed by atoms with Gasteiger partial charge in [-0.3, -0.25) is 0 Å². The summed E-state index contributed by atoms with van der Waals surface area (Å²) in [5, 5.41) is 4.03. The second-order valence-electron chi connectivity index (χ2n) is 4.85. The summed E-state index contributed by atoms with van der Waals surface area (Å²) in [5.74, 6) is 3.54. The van der Waals surface area contributed by atoms with Crippen LogP contribution in [0.2, 0.25) is 0 Å². The average Bonchev–Trinajstić information content (AvgIpc) is 3.32. The summed E-state index contributed by atoms with van der Waals surface area (Å²) in [6.45, 7) is 0. The number of hydrogen-bond acceptors (Lipinski definition) is 8. The molecule has 8 heteroatoms. The molecule has 0 aromatic carbocycles. The number of hydrogen-bond donors (Lipinski definition) is 0. The quantitative estimate of drug-likeness (QED) is 0.417. The number of ether oxygens (including phenoxy) is 4. The maximum Gasteiger partial charge on any atom is 0.156 e. The lowest BCUT2D eigenvalue weighted by molar-refractivity contribution is 0.417. The first-order valence-corrected chi connectivity index (χ1v) is 10.4. The van der Waals surface area contributed by atoms with Crippen LogP contribution in [-0.2, 0) is 0 Å². The van der Waals surface area contributed by atoms with Crippen LogP contribution in [0.4, 0.5) is 0 Å². The molecule has 0 N–H and O–H groups in total. The molecule has 0 aliphatic carbocycles. The van der Waals surface area contributed by atoms with Crippen LogP contribution < -0.4 is 18.9 Å². The van der Waals surface area contributed by atoms with E-state index in [9.17, 15) is 0 Å². The fraction of sp³-hybridized carbons (Fsp3) is 0.250. The summed E-state index contributed by atoms with van der Waals surface area (Å²) in [7, 11) is 6.81. The van der Waals surface area contributed by atoms with E-state index in [1.54, 1.807) is 73.8 Å². The summed E-state index contributed by atoms with van der Waals surface area (Å²) < 4.78 is 26.8. The van der Waals surface area contributed by atoms with Crippen molar-refractivity contribution in [2.24, 2.45) is 0 Å². The summed E-state index contributed by atoms with van der Waals surface area (Å²) >= 11 is 6.63. The second kappa shape index (κ2) is 6.11. The van der Waals surface area contributed by atoms with Gasteiger partial charge in [-0.25, -0.2) is 0 Å². The zero-order valence-corrected chi connectivity index (χ0v) is 16.7. The van der Waals surface area contributed by atoms with Crippen LogP contribution in [0.15, 0.2) is 10.8 Å². The molecule has 4 rings (SSSR count). The molecule has 0 aliphatic rings. The fourth-order valence-corrected chi connectivity index (χ4v) is 7.76. The third-order valence-electron chi connectivity index (χ3n) is 3.72. The molecule has 0 unspecified atom stereocenters. The molecule has 126 valence electrons. The van der Waals surface area contributed by atoms with Crippen LogP contribution >= 0.6 is 45.3 Å². The van der Waals surface area contributed by atoms with Crippen molar-refractivity contribution in [3.8, 4) is 32.8 Å². The monoisotopic (exact) mass is 398 g/mol. The molecule has 0 amide bonds. The Kier molecular flexibility index (Phi) is 4.07. The Morgan fingerprint density at radius 2 is 1.00 bits per heavy atom. The van der Waals surface area contributed by atoms with Gasteiger partial charge in [-0.15, -0.1) is 45.3 Å². The number of methoxy groups -OCH3 is 4. The van der Waals surface area contributed by atoms with Gasteiger partial charge in [0.05, 0.1) is 57.0 Å². The third kappa shape index (κ3) is 2.13. The van der Waals surface area contributed by atoms with E-state index >= 15 is 0 Å². The highest BCUT2D eigenvalue weighted by Gasteiger charge is 2.26. The first kappa shape index (κ1) is 16.0. The summed E-state index contributed by atoms with van der Waals surface area (Å²) in [6.07, 6.45) is 0. The van der Waals surface area contributed by atoms with Crippen molar-refractivity contribution in [1.29, 1.82) is 0 Å². The van der Waals surface area contributed by atoms with E-state index in [4.69, 9.17) is 18.9 Å². The molecule has 0 aliphatic heterocycles. The Morgan fingerprint density at radius 3 is 1.33 bits per heavy atom. The lowest BCUT2D eigenvalue weighted by Gasteiger charge is -2.03. The van der Waals surface area contributed by atoms with Gasteiger partial charge < -0.3 is 18.9 Å². The van der Waals surface area contributed by atoms with Gasteiger partial charge in [0.1, 0.15) is 11.5 Å². The van der Waals surface area contributed by atoms with Gasteiger partial charge in [-0.1, -0.05) is 0 Å². The van der Waals surface area contributed by atoms with E-state index in [0.717, 1.165) is 51.6 Å². The summed E-state index contributed by atoms with van der Waals surface area (Å²) in [5.41, 5.74) is 0. The van der Waals surface area contributed by atoms with Crippen LogP contribution in [0.25, 0.3) is 28.6 Å². The Hall–Kier alpha value is -1.48. The maximum atomic E-state index is 5.73. The fourth-order valence-electron chi connectivity index (χ4n) is 2.62. The molecular formula is C16H14O4S4. The van der Waals surface area contributed by atoms with Crippen molar-refractivity contribution in [3.05, 3.63) is 10.8 Å². The molecule has 4 aromatic heterocycles. The maximum absolute atomic E-state index is 5.73. The minimum Gasteiger partial charge on any atom is -0.494 e. The standard InChI is InChI=1S/C16H14O4S4/c1-17-7-5-21-13-9(19-3)15(23-11(7)13)16-10(20-4)14-12(24-16)8(18-2)6-22-14/h5-6H,1-4H3. The zero-order valence-electron chi connectivity index (χ0n) is 13.4. The van der Waals surface area contributed by atoms with E-state index in [1.807, 2.05) is 10.8 Å². The molecule has 0 saturated carbocycles. The van der Waals surface area contributed by atoms with E-state index in [1.165, 1.54) is 0 Å².